The van der Waals surface area contributed by atoms with Crippen molar-refractivity contribution in [1.82, 2.24) is 0 Å². The van der Waals surface area contributed by atoms with Crippen LogP contribution >= 0.6 is 15.9 Å². The Morgan fingerprint density at radius 3 is 2.50 bits per heavy atom. The van der Waals surface area contributed by atoms with E-state index in [0.717, 1.165) is 23.2 Å². The molecule has 1 fully saturated rings. The molecule has 0 radical (unpaired) electrons. The van der Waals surface area contributed by atoms with E-state index in [4.69, 9.17) is 0 Å². The van der Waals surface area contributed by atoms with E-state index in [9.17, 15) is 4.79 Å². The van der Waals surface area contributed by atoms with Gasteiger partial charge >= 0.3 is 0 Å². The fraction of sp³-hybridized carbons (Fsp3) is 0.350. The number of hydrogen-bond donors (Lipinski definition) is 2. The predicted octanol–water partition coefficient (Wildman–Crippen LogP) is 2.97. The highest BCUT2D eigenvalue weighted by atomic mass is 79.9. The predicted molar refractivity (Wildman–Crippen MR) is 99.4 cm³/mol. The Kier molecular flexibility index (Phi) is 4.42. The fourth-order valence-electron chi connectivity index (χ4n) is 4.22. The average Bonchev–Trinajstić information content (AvgIpc) is 2.62. The molecule has 2 atom stereocenters. The van der Waals surface area contributed by atoms with E-state index in [1.165, 1.54) is 35.3 Å². The van der Waals surface area contributed by atoms with Crippen LogP contribution in [-0.2, 0) is 4.79 Å². The van der Waals surface area contributed by atoms with Gasteiger partial charge < -0.3 is 10.2 Å². The third-order valence-corrected chi connectivity index (χ3v) is 5.81. The maximum absolute atomic E-state index is 13.0. The number of likely N-dealkylation sites (tertiary alicyclic amines) is 1. The summed E-state index contributed by atoms with van der Waals surface area (Å²) in [6.45, 7) is 2.18. The Labute approximate surface area is 151 Å². The van der Waals surface area contributed by atoms with Crippen molar-refractivity contribution in [3.63, 3.8) is 0 Å². The van der Waals surface area contributed by atoms with Crippen molar-refractivity contribution >= 4 is 27.5 Å². The summed E-state index contributed by atoms with van der Waals surface area (Å²) in [5.41, 5.74) is 3.40. The number of nitrogens with one attached hydrogen (secondary N) is 2. The van der Waals surface area contributed by atoms with Gasteiger partial charge in [0.05, 0.1) is 19.0 Å². The summed E-state index contributed by atoms with van der Waals surface area (Å²) >= 11 is 3.60. The van der Waals surface area contributed by atoms with Gasteiger partial charge in [-0.3, -0.25) is 4.79 Å². The summed E-state index contributed by atoms with van der Waals surface area (Å²) < 4.78 is 1.06. The van der Waals surface area contributed by atoms with E-state index >= 15 is 0 Å². The lowest BCUT2D eigenvalue weighted by Gasteiger charge is -2.39. The molecule has 2 N–H and O–H groups in total. The van der Waals surface area contributed by atoms with Crippen molar-refractivity contribution in [3.8, 4) is 0 Å². The van der Waals surface area contributed by atoms with Gasteiger partial charge in [-0.05, 0) is 48.6 Å². The van der Waals surface area contributed by atoms with E-state index in [0.29, 0.717) is 0 Å². The lowest BCUT2D eigenvalue weighted by Crippen LogP contribution is -3.18. The molecule has 2 aliphatic heterocycles. The quantitative estimate of drug-likeness (QED) is 0.818. The van der Waals surface area contributed by atoms with E-state index in [1.807, 2.05) is 18.2 Å². The van der Waals surface area contributed by atoms with Crippen LogP contribution in [0.15, 0.2) is 53.0 Å². The second-order valence-electron chi connectivity index (χ2n) is 6.81. The molecule has 4 heteroatoms. The van der Waals surface area contributed by atoms with Crippen molar-refractivity contribution in [2.24, 2.45) is 0 Å². The third-order valence-electron chi connectivity index (χ3n) is 5.32. The van der Waals surface area contributed by atoms with Crippen molar-refractivity contribution < 1.29 is 9.69 Å². The number of anilines is 1. The van der Waals surface area contributed by atoms with E-state index < -0.39 is 0 Å². The zero-order valence-corrected chi connectivity index (χ0v) is 15.2. The molecule has 1 amide bonds. The molecule has 0 bridgehead atoms. The van der Waals surface area contributed by atoms with Gasteiger partial charge in [-0.25, -0.2) is 0 Å². The zero-order valence-electron chi connectivity index (χ0n) is 13.6. The van der Waals surface area contributed by atoms with Crippen LogP contribution in [0.2, 0.25) is 0 Å². The first-order valence-electron chi connectivity index (χ1n) is 8.74. The van der Waals surface area contributed by atoms with Gasteiger partial charge in [-0.15, -0.1) is 0 Å². The van der Waals surface area contributed by atoms with Crippen LogP contribution in [-0.4, -0.2) is 25.0 Å². The topological polar surface area (TPSA) is 33.5 Å². The smallest absolute Gasteiger partial charge is 0.283 e. The van der Waals surface area contributed by atoms with Crippen LogP contribution in [0.3, 0.4) is 0 Å². The number of rotatable bonds is 2. The molecule has 4 rings (SSSR count). The van der Waals surface area contributed by atoms with Crippen molar-refractivity contribution in [2.45, 2.75) is 31.2 Å². The zero-order chi connectivity index (χ0) is 16.5. The first-order chi connectivity index (χ1) is 11.7. The van der Waals surface area contributed by atoms with E-state index in [2.05, 4.69) is 51.6 Å². The highest BCUT2D eigenvalue weighted by Gasteiger charge is 2.44. The van der Waals surface area contributed by atoms with Gasteiger partial charge in [-0.1, -0.05) is 46.3 Å². The number of piperidine rings is 1. The standard InChI is InChI=1S/C20H21BrN2O/c21-15-9-10-17-16(13-15)18(14-7-3-1-4-8-14)19(20(24)22-17)23-11-5-2-6-12-23/h1,3-4,7-10,13,18-19H,2,5-6,11-12H2,(H,22,24)/p+1/t18-,19-/m1/s1. The summed E-state index contributed by atoms with van der Waals surface area (Å²) in [4.78, 5) is 14.4. The van der Waals surface area contributed by atoms with Gasteiger partial charge in [0, 0.05) is 10.2 Å². The molecule has 124 valence electrons. The largest absolute Gasteiger partial charge is 0.324 e. The highest BCUT2D eigenvalue weighted by Crippen LogP contribution is 2.38. The van der Waals surface area contributed by atoms with Crippen LogP contribution in [0.25, 0.3) is 0 Å². The van der Waals surface area contributed by atoms with Gasteiger partial charge in [0.15, 0.2) is 6.04 Å². The summed E-state index contributed by atoms with van der Waals surface area (Å²) in [7, 11) is 0. The summed E-state index contributed by atoms with van der Waals surface area (Å²) in [6.07, 6.45) is 3.72. The Hall–Kier alpha value is -1.65. The Morgan fingerprint density at radius 2 is 1.75 bits per heavy atom. The first kappa shape index (κ1) is 15.9. The number of carbonyl (C=O) groups is 1. The molecule has 2 aromatic rings. The third kappa shape index (κ3) is 2.89. The van der Waals surface area contributed by atoms with E-state index in [1.54, 1.807) is 0 Å². The van der Waals surface area contributed by atoms with Crippen LogP contribution < -0.4 is 10.2 Å². The average molecular weight is 386 g/mol. The van der Waals surface area contributed by atoms with Crippen LogP contribution in [0.1, 0.15) is 36.3 Å². The van der Waals surface area contributed by atoms with Gasteiger partial charge in [-0.2, -0.15) is 0 Å². The molecule has 1 saturated heterocycles. The minimum atomic E-state index is -0.0468. The number of fused-ring (bicyclic) bond motifs is 1. The molecule has 24 heavy (non-hydrogen) atoms. The van der Waals surface area contributed by atoms with Gasteiger partial charge in [0.25, 0.3) is 5.91 Å². The van der Waals surface area contributed by atoms with Crippen LogP contribution in [0.4, 0.5) is 5.69 Å². The molecule has 3 nitrogen and oxygen atoms in total. The number of benzene rings is 2. The lowest BCUT2D eigenvalue weighted by molar-refractivity contribution is -0.921. The summed E-state index contributed by atoms with van der Waals surface area (Å²) in [6, 6.07) is 16.6. The second kappa shape index (κ2) is 6.69. The fourth-order valence-corrected chi connectivity index (χ4v) is 4.60. The molecule has 0 aliphatic carbocycles. The number of quaternary nitrogens is 1. The minimum absolute atomic E-state index is 0.0468. The van der Waals surface area contributed by atoms with Crippen molar-refractivity contribution in [1.29, 1.82) is 0 Å². The minimum Gasteiger partial charge on any atom is -0.324 e. The van der Waals surface area contributed by atoms with Crippen molar-refractivity contribution in [2.75, 3.05) is 18.4 Å². The van der Waals surface area contributed by atoms with Crippen LogP contribution in [0.5, 0.6) is 0 Å². The first-order valence-corrected chi connectivity index (χ1v) is 9.53. The molecular formula is C20H22BrN2O+. The normalized spacial score (nSPS) is 24.3. The molecular weight excluding hydrogens is 364 g/mol. The number of halogens is 1. The lowest BCUT2D eigenvalue weighted by atomic mass is 9.80. The SMILES string of the molecule is O=C1Nc2ccc(Br)cc2[C@@H](c2ccccc2)[C@H]1[NH+]1CCCCC1. The Morgan fingerprint density at radius 1 is 1.00 bits per heavy atom. The molecule has 0 saturated carbocycles. The molecule has 2 aliphatic rings. The van der Waals surface area contributed by atoms with Gasteiger partial charge in [0.2, 0.25) is 0 Å². The second-order valence-corrected chi connectivity index (χ2v) is 7.72. The summed E-state index contributed by atoms with van der Waals surface area (Å²) in [5.74, 6) is 0.274. The maximum Gasteiger partial charge on any atom is 0.283 e. The Balaban J connectivity index is 1.83. The van der Waals surface area contributed by atoms with Crippen molar-refractivity contribution in [3.05, 3.63) is 64.1 Å². The molecule has 2 aromatic carbocycles. The van der Waals surface area contributed by atoms with E-state index in [-0.39, 0.29) is 17.9 Å². The molecule has 0 unspecified atom stereocenters. The summed E-state index contributed by atoms with van der Waals surface area (Å²) in [5, 5.41) is 3.15. The van der Waals surface area contributed by atoms with Crippen LogP contribution in [0, 0.1) is 0 Å². The van der Waals surface area contributed by atoms with Gasteiger partial charge in [0.1, 0.15) is 0 Å². The number of hydrogen-bond acceptors (Lipinski definition) is 1. The maximum atomic E-state index is 13.0. The highest BCUT2D eigenvalue weighted by molar-refractivity contribution is 9.10. The molecule has 2 heterocycles. The number of carbonyl (C=O) groups excluding carboxylic acids is 1. The monoisotopic (exact) mass is 385 g/mol. The molecule has 0 aromatic heterocycles. The number of amides is 1. The molecule has 0 spiro atoms. The Bertz CT molecular complexity index is 741.